The summed E-state index contributed by atoms with van der Waals surface area (Å²) in [6, 6.07) is 3.85. The first-order valence-corrected chi connectivity index (χ1v) is 3.60. The van der Waals surface area contributed by atoms with E-state index in [9.17, 15) is 9.18 Å². The predicted octanol–water partition coefficient (Wildman–Crippen LogP) is 1.34. The third-order valence-electron chi connectivity index (χ3n) is 1.61. The molecule has 4 heteroatoms. The second kappa shape index (κ2) is 3.68. The van der Waals surface area contributed by atoms with Crippen molar-refractivity contribution in [1.29, 1.82) is 5.26 Å². The predicted molar refractivity (Wildman–Crippen MR) is 44.2 cm³/mol. The number of nitrogens with one attached hydrogen (secondary N) is 1. The number of amides is 1. The van der Waals surface area contributed by atoms with E-state index in [-0.39, 0.29) is 5.56 Å². The Labute approximate surface area is 74.8 Å². The minimum absolute atomic E-state index is 0.182. The lowest BCUT2D eigenvalue weighted by Gasteiger charge is -2.01. The SMILES string of the molecule is Cc1ccc(F)cc1C(=O)NC#N. The van der Waals surface area contributed by atoms with Gasteiger partial charge in [-0.15, -0.1) is 0 Å². The van der Waals surface area contributed by atoms with Gasteiger partial charge in [0.05, 0.1) is 0 Å². The van der Waals surface area contributed by atoms with Gasteiger partial charge in [-0.1, -0.05) is 6.07 Å². The minimum Gasteiger partial charge on any atom is -0.268 e. The van der Waals surface area contributed by atoms with Crippen molar-refractivity contribution in [2.45, 2.75) is 6.92 Å². The average Bonchev–Trinajstić information content (AvgIpc) is 2.09. The fourth-order valence-electron chi connectivity index (χ4n) is 0.957. The Morgan fingerprint density at radius 1 is 1.62 bits per heavy atom. The van der Waals surface area contributed by atoms with Gasteiger partial charge in [0.25, 0.3) is 5.91 Å². The lowest BCUT2D eigenvalue weighted by molar-refractivity contribution is 0.0972. The van der Waals surface area contributed by atoms with Gasteiger partial charge in [-0.05, 0) is 24.6 Å². The highest BCUT2D eigenvalue weighted by atomic mass is 19.1. The van der Waals surface area contributed by atoms with Crippen LogP contribution in [0.15, 0.2) is 18.2 Å². The summed E-state index contributed by atoms with van der Waals surface area (Å²) < 4.78 is 12.7. The molecular weight excluding hydrogens is 171 g/mol. The van der Waals surface area contributed by atoms with Crippen LogP contribution in [0.3, 0.4) is 0 Å². The highest BCUT2D eigenvalue weighted by Crippen LogP contribution is 2.09. The van der Waals surface area contributed by atoms with Crippen LogP contribution in [-0.2, 0) is 0 Å². The van der Waals surface area contributed by atoms with Crippen molar-refractivity contribution in [2.75, 3.05) is 0 Å². The molecule has 1 rings (SSSR count). The lowest BCUT2D eigenvalue weighted by atomic mass is 10.1. The number of carbonyl (C=O) groups excluding carboxylic acids is 1. The fourth-order valence-corrected chi connectivity index (χ4v) is 0.957. The number of hydrogen-bond acceptors (Lipinski definition) is 2. The van der Waals surface area contributed by atoms with Crippen LogP contribution in [0.1, 0.15) is 15.9 Å². The van der Waals surface area contributed by atoms with Gasteiger partial charge in [-0.25, -0.2) is 4.39 Å². The quantitative estimate of drug-likeness (QED) is 0.521. The topological polar surface area (TPSA) is 52.9 Å². The maximum atomic E-state index is 12.7. The van der Waals surface area contributed by atoms with Crippen LogP contribution < -0.4 is 5.32 Å². The molecule has 1 aromatic rings. The second-order valence-electron chi connectivity index (χ2n) is 2.53. The molecule has 0 fully saturated rings. The summed E-state index contributed by atoms with van der Waals surface area (Å²) in [6.45, 7) is 1.67. The molecule has 13 heavy (non-hydrogen) atoms. The number of nitriles is 1. The van der Waals surface area contributed by atoms with E-state index >= 15 is 0 Å². The molecule has 0 aromatic heterocycles. The summed E-state index contributed by atoms with van der Waals surface area (Å²) in [5.74, 6) is -1.08. The summed E-state index contributed by atoms with van der Waals surface area (Å²) >= 11 is 0. The van der Waals surface area contributed by atoms with Gasteiger partial charge < -0.3 is 0 Å². The highest BCUT2D eigenvalue weighted by molar-refractivity contribution is 5.96. The van der Waals surface area contributed by atoms with E-state index in [1.807, 2.05) is 5.32 Å². The molecular formula is C9H7FN2O. The monoisotopic (exact) mass is 178 g/mol. The van der Waals surface area contributed by atoms with Gasteiger partial charge in [-0.3, -0.25) is 10.1 Å². The molecule has 0 aliphatic rings. The zero-order valence-corrected chi connectivity index (χ0v) is 6.97. The van der Waals surface area contributed by atoms with Crippen LogP contribution >= 0.6 is 0 Å². The minimum atomic E-state index is -0.584. The largest absolute Gasteiger partial charge is 0.268 e. The van der Waals surface area contributed by atoms with Crippen LogP contribution in [0.5, 0.6) is 0 Å². The van der Waals surface area contributed by atoms with Crippen LogP contribution in [-0.4, -0.2) is 5.91 Å². The van der Waals surface area contributed by atoms with Crippen molar-refractivity contribution in [3.8, 4) is 6.19 Å². The standard InChI is InChI=1S/C9H7FN2O/c1-6-2-3-7(10)4-8(6)9(13)12-5-11/h2-4H,1H3,(H,12,13). The highest BCUT2D eigenvalue weighted by Gasteiger charge is 2.08. The molecule has 0 saturated carbocycles. The first-order chi connectivity index (χ1) is 6.15. The number of hydrogen-bond donors (Lipinski definition) is 1. The summed E-state index contributed by atoms with van der Waals surface area (Å²) in [5.41, 5.74) is 0.815. The van der Waals surface area contributed by atoms with Crippen molar-refractivity contribution in [3.05, 3.63) is 35.1 Å². The molecule has 0 heterocycles. The lowest BCUT2D eigenvalue weighted by Crippen LogP contribution is -2.18. The zero-order chi connectivity index (χ0) is 9.84. The Morgan fingerprint density at radius 3 is 2.92 bits per heavy atom. The normalized spacial score (nSPS) is 9.00. The Balaban J connectivity index is 3.07. The van der Waals surface area contributed by atoms with E-state index in [0.717, 1.165) is 6.07 Å². The maximum absolute atomic E-state index is 12.7. The molecule has 3 nitrogen and oxygen atoms in total. The van der Waals surface area contributed by atoms with Crippen molar-refractivity contribution in [2.24, 2.45) is 0 Å². The van der Waals surface area contributed by atoms with Gasteiger partial charge in [0.15, 0.2) is 6.19 Å². The molecule has 0 bridgehead atoms. The van der Waals surface area contributed by atoms with Crippen LogP contribution in [0.4, 0.5) is 4.39 Å². The van der Waals surface area contributed by atoms with Gasteiger partial charge in [-0.2, -0.15) is 5.26 Å². The van der Waals surface area contributed by atoms with E-state index in [0.29, 0.717) is 5.56 Å². The smallest absolute Gasteiger partial charge is 0.264 e. The second-order valence-corrected chi connectivity index (χ2v) is 2.53. The number of benzene rings is 1. The molecule has 0 saturated heterocycles. The number of carbonyl (C=O) groups is 1. The Kier molecular flexibility index (Phi) is 2.60. The molecule has 1 N–H and O–H groups in total. The first-order valence-electron chi connectivity index (χ1n) is 3.60. The van der Waals surface area contributed by atoms with Crippen molar-refractivity contribution in [1.82, 2.24) is 5.32 Å². The summed E-state index contributed by atoms with van der Waals surface area (Å²) in [4.78, 5) is 11.1. The van der Waals surface area contributed by atoms with E-state index in [1.165, 1.54) is 18.3 Å². The molecule has 0 aliphatic heterocycles. The molecule has 0 aliphatic carbocycles. The van der Waals surface area contributed by atoms with E-state index in [1.54, 1.807) is 6.92 Å². The molecule has 0 spiro atoms. The van der Waals surface area contributed by atoms with Crippen LogP contribution in [0, 0.1) is 24.2 Å². The van der Waals surface area contributed by atoms with Gasteiger partial charge in [0.1, 0.15) is 5.82 Å². The van der Waals surface area contributed by atoms with Crippen molar-refractivity contribution in [3.63, 3.8) is 0 Å². The van der Waals surface area contributed by atoms with E-state index in [2.05, 4.69) is 0 Å². The third-order valence-corrected chi connectivity index (χ3v) is 1.61. The summed E-state index contributed by atoms with van der Waals surface area (Å²) in [7, 11) is 0. The van der Waals surface area contributed by atoms with Crippen molar-refractivity contribution < 1.29 is 9.18 Å². The van der Waals surface area contributed by atoms with Crippen LogP contribution in [0.25, 0.3) is 0 Å². The molecule has 0 unspecified atom stereocenters. The average molecular weight is 178 g/mol. The zero-order valence-electron chi connectivity index (χ0n) is 6.97. The number of halogens is 1. The van der Waals surface area contributed by atoms with Gasteiger partial charge in [0.2, 0.25) is 0 Å². The Bertz CT molecular complexity index is 382. The molecule has 0 radical (unpaired) electrons. The maximum Gasteiger partial charge on any atom is 0.264 e. The number of rotatable bonds is 1. The summed E-state index contributed by atoms with van der Waals surface area (Å²) in [5, 5.41) is 10.1. The summed E-state index contributed by atoms with van der Waals surface area (Å²) in [6.07, 6.45) is 1.49. The van der Waals surface area contributed by atoms with Gasteiger partial charge >= 0.3 is 0 Å². The molecule has 1 aromatic carbocycles. The fraction of sp³-hybridized carbons (Fsp3) is 0.111. The number of aryl methyl sites for hydroxylation is 1. The van der Waals surface area contributed by atoms with Crippen molar-refractivity contribution >= 4 is 5.91 Å². The number of nitrogens with zero attached hydrogens (tertiary/aromatic N) is 1. The first kappa shape index (κ1) is 9.20. The Morgan fingerprint density at radius 2 is 2.31 bits per heavy atom. The molecule has 0 atom stereocenters. The van der Waals surface area contributed by atoms with Crippen LogP contribution in [0.2, 0.25) is 0 Å². The van der Waals surface area contributed by atoms with E-state index in [4.69, 9.17) is 5.26 Å². The molecule has 66 valence electrons. The Hall–Kier alpha value is -1.89. The van der Waals surface area contributed by atoms with Gasteiger partial charge in [0, 0.05) is 5.56 Å². The molecule has 1 amide bonds. The third kappa shape index (κ3) is 2.03. The van der Waals surface area contributed by atoms with E-state index < -0.39 is 11.7 Å².